The van der Waals surface area contributed by atoms with Crippen molar-refractivity contribution in [3.63, 3.8) is 0 Å². The Morgan fingerprint density at radius 1 is 1.47 bits per heavy atom. The van der Waals surface area contributed by atoms with Gasteiger partial charge >= 0.3 is 0 Å². The largest absolute Gasteiger partial charge is 0.463 e. The van der Waals surface area contributed by atoms with E-state index >= 15 is 0 Å². The third-order valence-corrected chi connectivity index (χ3v) is 2.51. The SMILES string of the molecule is Cl.NCCCCNC(=O)c1cc(-c2ccco2)[nH]n1. The Hall–Kier alpha value is -1.79. The fourth-order valence-corrected chi connectivity index (χ4v) is 1.56. The lowest BCUT2D eigenvalue weighted by atomic mass is 10.3. The fraction of sp³-hybridized carbons (Fsp3) is 0.333. The molecule has 2 aromatic rings. The van der Waals surface area contributed by atoms with Gasteiger partial charge < -0.3 is 15.5 Å². The first-order valence-corrected chi connectivity index (χ1v) is 5.89. The second-order valence-electron chi connectivity index (χ2n) is 3.90. The van der Waals surface area contributed by atoms with Gasteiger partial charge in [0.1, 0.15) is 5.69 Å². The zero-order valence-corrected chi connectivity index (χ0v) is 11.2. The summed E-state index contributed by atoms with van der Waals surface area (Å²) in [6.07, 6.45) is 3.35. The number of H-pyrrole nitrogens is 1. The molecular formula is C12H17ClN4O2. The molecular weight excluding hydrogens is 268 g/mol. The van der Waals surface area contributed by atoms with E-state index in [2.05, 4.69) is 15.5 Å². The number of hydrogen-bond acceptors (Lipinski definition) is 4. The third kappa shape index (κ3) is 4.11. The van der Waals surface area contributed by atoms with Crippen molar-refractivity contribution in [2.24, 2.45) is 5.73 Å². The molecule has 19 heavy (non-hydrogen) atoms. The first kappa shape index (κ1) is 15.3. The van der Waals surface area contributed by atoms with Crippen molar-refractivity contribution in [3.05, 3.63) is 30.2 Å². The highest BCUT2D eigenvalue weighted by Gasteiger charge is 2.11. The Balaban J connectivity index is 0.00000180. The minimum Gasteiger partial charge on any atom is -0.463 e. The summed E-state index contributed by atoms with van der Waals surface area (Å²) in [4.78, 5) is 11.7. The number of halogens is 1. The van der Waals surface area contributed by atoms with Crippen LogP contribution in [0.2, 0.25) is 0 Å². The lowest BCUT2D eigenvalue weighted by Gasteiger charge is -2.01. The van der Waals surface area contributed by atoms with E-state index in [1.807, 2.05) is 0 Å². The van der Waals surface area contributed by atoms with Gasteiger partial charge in [0, 0.05) is 12.6 Å². The molecule has 2 rings (SSSR count). The van der Waals surface area contributed by atoms with Gasteiger partial charge in [-0.3, -0.25) is 9.89 Å². The second-order valence-corrected chi connectivity index (χ2v) is 3.90. The van der Waals surface area contributed by atoms with E-state index in [1.54, 1.807) is 24.5 Å². The number of aromatic nitrogens is 2. The molecule has 0 atom stereocenters. The summed E-state index contributed by atoms with van der Waals surface area (Å²) in [5.74, 6) is 0.464. The van der Waals surface area contributed by atoms with Gasteiger partial charge in [-0.05, 0) is 31.5 Å². The van der Waals surface area contributed by atoms with Gasteiger partial charge in [0.15, 0.2) is 11.5 Å². The van der Waals surface area contributed by atoms with Crippen LogP contribution in [0.1, 0.15) is 23.3 Å². The molecule has 0 aliphatic rings. The van der Waals surface area contributed by atoms with Crippen molar-refractivity contribution < 1.29 is 9.21 Å². The number of carbonyl (C=O) groups excluding carboxylic acids is 1. The second kappa shape index (κ2) is 7.60. The summed E-state index contributed by atoms with van der Waals surface area (Å²) in [5, 5.41) is 9.50. The Morgan fingerprint density at radius 2 is 2.32 bits per heavy atom. The predicted molar refractivity (Wildman–Crippen MR) is 74.2 cm³/mol. The summed E-state index contributed by atoms with van der Waals surface area (Å²) >= 11 is 0. The average molecular weight is 285 g/mol. The molecule has 1 amide bonds. The number of hydrogen-bond donors (Lipinski definition) is 3. The lowest BCUT2D eigenvalue weighted by molar-refractivity contribution is 0.0948. The van der Waals surface area contributed by atoms with Crippen LogP contribution in [0.4, 0.5) is 0 Å². The zero-order valence-electron chi connectivity index (χ0n) is 10.4. The number of unbranched alkanes of at least 4 members (excludes halogenated alkanes) is 1. The molecule has 0 saturated carbocycles. The number of nitrogens with two attached hydrogens (primary N) is 1. The van der Waals surface area contributed by atoms with Gasteiger partial charge in [0.05, 0.1) is 6.26 Å². The molecule has 0 aliphatic heterocycles. The monoisotopic (exact) mass is 284 g/mol. The number of nitrogens with one attached hydrogen (secondary N) is 2. The molecule has 0 aromatic carbocycles. The summed E-state index contributed by atoms with van der Waals surface area (Å²) < 4.78 is 5.21. The molecule has 4 N–H and O–H groups in total. The van der Waals surface area contributed by atoms with Crippen LogP contribution in [-0.2, 0) is 0 Å². The molecule has 7 heteroatoms. The van der Waals surface area contributed by atoms with Gasteiger partial charge in [0.25, 0.3) is 5.91 Å². The first-order chi connectivity index (χ1) is 8.81. The van der Waals surface area contributed by atoms with E-state index in [0.717, 1.165) is 12.8 Å². The van der Waals surface area contributed by atoms with Crippen molar-refractivity contribution >= 4 is 18.3 Å². The molecule has 0 radical (unpaired) electrons. The fourth-order valence-electron chi connectivity index (χ4n) is 1.56. The number of aromatic amines is 1. The molecule has 0 aliphatic carbocycles. The molecule has 104 valence electrons. The number of rotatable bonds is 6. The Kier molecular flexibility index (Phi) is 6.11. The number of nitrogens with zero attached hydrogens (tertiary/aromatic N) is 1. The third-order valence-electron chi connectivity index (χ3n) is 2.51. The van der Waals surface area contributed by atoms with Gasteiger partial charge in [-0.2, -0.15) is 5.10 Å². The number of furan rings is 1. The summed E-state index contributed by atoms with van der Waals surface area (Å²) in [6.45, 7) is 1.25. The highest BCUT2D eigenvalue weighted by Crippen LogP contribution is 2.17. The van der Waals surface area contributed by atoms with Crippen molar-refractivity contribution in [3.8, 4) is 11.5 Å². The van der Waals surface area contributed by atoms with Gasteiger partial charge in [-0.25, -0.2) is 0 Å². The molecule has 2 aromatic heterocycles. The highest BCUT2D eigenvalue weighted by molar-refractivity contribution is 5.93. The van der Waals surface area contributed by atoms with Crippen LogP contribution < -0.4 is 11.1 Å². The molecule has 0 bridgehead atoms. The summed E-state index contributed by atoms with van der Waals surface area (Å²) in [6, 6.07) is 5.25. The minimum atomic E-state index is -0.193. The van der Waals surface area contributed by atoms with Crippen molar-refractivity contribution in [1.29, 1.82) is 0 Å². The molecule has 6 nitrogen and oxygen atoms in total. The molecule has 0 unspecified atom stereocenters. The van der Waals surface area contributed by atoms with Crippen molar-refractivity contribution in [2.75, 3.05) is 13.1 Å². The minimum absolute atomic E-state index is 0. The van der Waals surface area contributed by atoms with Gasteiger partial charge in [-0.1, -0.05) is 0 Å². The topological polar surface area (TPSA) is 96.9 Å². The van der Waals surface area contributed by atoms with E-state index in [4.69, 9.17) is 10.2 Å². The van der Waals surface area contributed by atoms with Crippen LogP contribution in [0.15, 0.2) is 28.9 Å². The van der Waals surface area contributed by atoms with Crippen molar-refractivity contribution in [2.45, 2.75) is 12.8 Å². The van der Waals surface area contributed by atoms with E-state index in [9.17, 15) is 4.79 Å². The molecule has 0 spiro atoms. The Labute approximate surface area is 117 Å². The standard InChI is InChI=1S/C12H16N4O2.ClH/c13-5-1-2-6-14-12(17)10-8-9(15-16-10)11-4-3-7-18-11;/h3-4,7-8H,1-2,5-6,13H2,(H,14,17)(H,15,16);1H. The summed E-state index contributed by atoms with van der Waals surface area (Å²) in [7, 11) is 0. The number of amides is 1. The van der Waals surface area contributed by atoms with Gasteiger partial charge in [-0.15, -0.1) is 12.4 Å². The maximum Gasteiger partial charge on any atom is 0.271 e. The van der Waals surface area contributed by atoms with E-state index in [0.29, 0.717) is 30.2 Å². The summed E-state index contributed by atoms with van der Waals surface area (Å²) in [5.41, 5.74) is 6.42. The smallest absolute Gasteiger partial charge is 0.271 e. The Bertz CT molecular complexity index is 496. The maximum atomic E-state index is 11.7. The molecule has 0 fully saturated rings. The van der Waals surface area contributed by atoms with Crippen LogP contribution in [0, 0.1) is 0 Å². The predicted octanol–water partition coefficient (Wildman–Crippen LogP) is 1.56. The van der Waals surface area contributed by atoms with Crippen LogP contribution in [-0.4, -0.2) is 29.2 Å². The molecule has 2 heterocycles. The van der Waals surface area contributed by atoms with Crippen molar-refractivity contribution in [1.82, 2.24) is 15.5 Å². The average Bonchev–Trinajstić information content (AvgIpc) is 3.03. The van der Waals surface area contributed by atoms with E-state index in [1.165, 1.54) is 0 Å². The maximum absolute atomic E-state index is 11.7. The van der Waals surface area contributed by atoms with Crippen LogP contribution in [0.5, 0.6) is 0 Å². The quantitative estimate of drug-likeness (QED) is 0.701. The van der Waals surface area contributed by atoms with E-state index < -0.39 is 0 Å². The number of carbonyl (C=O) groups is 1. The van der Waals surface area contributed by atoms with E-state index in [-0.39, 0.29) is 18.3 Å². The lowest BCUT2D eigenvalue weighted by Crippen LogP contribution is -2.25. The molecule has 0 saturated heterocycles. The van der Waals surface area contributed by atoms with Crippen LogP contribution in [0.25, 0.3) is 11.5 Å². The van der Waals surface area contributed by atoms with Crippen LogP contribution >= 0.6 is 12.4 Å². The first-order valence-electron chi connectivity index (χ1n) is 5.89. The normalized spacial score (nSPS) is 9.95. The zero-order chi connectivity index (χ0) is 12.8. The Morgan fingerprint density at radius 3 is 3.00 bits per heavy atom. The van der Waals surface area contributed by atoms with Crippen LogP contribution in [0.3, 0.4) is 0 Å². The highest BCUT2D eigenvalue weighted by atomic mass is 35.5. The van der Waals surface area contributed by atoms with Gasteiger partial charge in [0.2, 0.25) is 0 Å².